The largest absolute Gasteiger partial charge is 0.459 e. The fraction of sp³-hybridized carbons (Fsp3) is 0.263. The molecule has 0 atom stereocenters. The number of furan rings is 1. The Morgan fingerprint density at radius 3 is 3.08 bits per heavy atom. The Balaban J connectivity index is 1.43. The first-order chi connectivity index (χ1) is 12.2. The minimum atomic E-state index is -0.257. The second-order valence-corrected chi connectivity index (χ2v) is 7.35. The predicted molar refractivity (Wildman–Crippen MR) is 97.8 cm³/mol. The van der Waals surface area contributed by atoms with Crippen LogP contribution in [-0.2, 0) is 19.5 Å². The molecular weight excluding hydrogens is 334 g/mol. The van der Waals surface area contributed by atoms with Gasteiger partial charge in [-0.2, -0.15) is 0 Å². The standard InChI is InChI=1S/C19H19N3O2S/c1-13-4-2-5-14(10-13)11-22-8-7-15-17(12-22)25-19(20-15)21-18(23)16-6-3-9-24-16/h2-6,9-10H,7-8,11-12H2,1H3,(H,20,21,23). The molecule has 0 saturated heterocycles. The van der Waals surface area contributed by atoms with Crippen LogP contribution in [0, 0.1) is 6.92 Å². The van der Waals surface area contributed by atoms with Crippen molar-refractivity contribution in [1.29, 1.82) is 0 Å². The molecule has 0 saturated carbocycles. The fourth-order valence-electron chi connectivity index (χ4n) is 3.07. The molecule has 1 aliphatic heterocycles. The van der Waals surface area contributed by atoms with E-state index >= 15 is 0 Å². The molecule has 0 radical (unpaired) electrons. The number of carbonyl (C=O) groups is 1. The molecule has 2 aromatic heterocycles. The van der Waals surface area contributed by atoms with Crippen LogP contribution in [0.5, 0.6) is 0 Å². The number of nitrogens with one attached hydrogen (secondary N) is 1. The quantitative estimate of drug-likeness (QED) is 0.774. The zero-order valence-corrected chi connectivity index (χ0v) is 14.8. The number of hydrogen-bond donors (Lipinski definition) is 1. The summed E-state index contributed by atoms with van der Waals surface area (Å²) in [5, 5.41) is 3.47. The number of carbonyl (C=O) groups excluding carboxylic acids is 1. The molecule has 25 heavy (non-hydrogen) atoms. The van der Waals surface area contributed by atoms with Crippen LogP contribution >= 0.6 is 11.3 Å². The van der Waals surface area contributed by atoms with E-state index in [9.17, 15) is 4.79 Å². The van der Waals surface area contributed by atoms with Gasteiger partial charge in [0, 0.05) is 30.9 Å². The third-order valence-corrected chi connectivity index (χ3v) is 5.26. The summed E-state index contributed by atoms with van der Waals surface area (Å²) in [4.78, 5) is 20.3. The smallest absolute Gasteiger partial charge is 0.293 e. The maximum Gasteiger partial charge on any atom is 0.293 e. The molecule has 0 spiro atoms. The Labute approximate surface area is 150 Å². The minimum Gasteiger partial charge on any atom is -0.459 e. The summed E-state index contributed by atoms with van der Waals surface area (Å²) in [6, 6.07) is 12.0. The Morgan fingerprint density at radius 1 is 1.36 bits per heavy atom. The topological polar surface area (TPSA) is 58.4 Å². The van der Waals surface area contributed by atoms with E-state index in [1.54, 1.807) is 23.5 Å². The van der Waals surface area contributed by atoms with Crippen molar-refractivity contribution < 1.29 is 9.21 Å². The van der Waals surface area contributed by atoms with Crippen molar-refractivity contribution in [3.8, 4) is 0 Å². The van der Waals surface area contributed by atoms with Gasteiger partial charge in [-0.3, -0.25) is 15.0 Å². The third kappa shape index (κ3) is 3.65. The van der Waals surface area contributed by atoms with Crippen LogP contribution in [0.2, 0.25) is 0 Å². The van der Waals surface area contributed by atoms with E-state index in [-0.39, 0.29) is 5.91 Å². The highest BCUT2D eigenvalue weighted by atomic mass is 32.1. The average Bonchev–Trinajstić information content (AvgIpc) is 3.23. The molecule has 3 heterocycles. The van der Waals surface area contributed by atoms with Gasteiger partial charge in [0.05, 0.1) is 12.0 Å². The molecule has 4 rings (SSSR count). The Morgan fingerprint density at radius 2 is 2.28 bits per heavy atom. The molecule has 1 N–H and O–H groups in total. The van der Waals surface area contributed by atoms with Crippen molar-refractivity contribution in [2.45, 2.75) is 26.4 Å². The molecule has 0 unspecified atom stereocenters. The van der Waals surface area contributed by atoms with Gasteiger partial charge in [-0.1, -0.05) is 29.8 Å². The first kappa shape index (κ1) is 16.1. The highest BCUT2D eigenvalue weighted by molar-refractivity contribution is 7.15. The Bertz CT molecular complexity index is 886. The van der Waals surface area contributed by atoms with Crippen molar-refractivity contribution >= 4 is 22.4 Å². The van der Waals surface area contributed by atoms with Gasteiger partial charge in [0.2, 0.25) is 0 Å². The molecular formula is C19H19N3O2S. The maximum atomic E-state index is 12.1. The number of aryl methyl sites for hydroxylation is 1. The van der Waals surface area contributed by atoms with Crippen LogP contribution in [0.15, 0.2) is 47.1 Å². The normalized spacial score (nSPS) is 14.3. The highest BCUT2D eigenvalue weighted by Gasteiger charge is 2.22. The molecule has 0 aliphatic carbocycles. The molecule has 1 aromatic carbocycles. The molecule has 0 fully saturated rings. The number of rotatable bonds is 4. The highest BCUT2D eigenvalue weighted by Crippen LogP contribution is 2.29. The minimum absolute atomic E-state index is 0.257. The zero-order valence-electron chi connectivity index (χ0n) is 14.0. The number of anilines is 1. The predicted octanol–water partition coefficient (Wildman–Crippen LogP) is 3.86. The van der Waals surface area contributed by atoms with Gasteiger partial charge < -0.3 is 4.42 Å². The number of hydrogen-bond acceptors (Lipinski definition) is 5. The number of benzene rings is 1. The fourth-order valence-corrected chi connectivity index (χ4v) is 4.12. The molecule has 6 heteroatoms. The first-order valence-electron chi connectivity index (χ1n) is 8.29. The van der Waals surface area contributed by atoms with Crippen molar-refractivity contribution in [2.75, 3.05) is 11.9 Å². The van der Waals surface area contributed by atoms with E-state index in [1.165, 1.54) is 22.3 Å². The van der Waals surface area contributed by atoms with Gasteiger partial charge >= 0.3 is 0 Å². The molecule has 3 aromatic rings. The monoisotopic (exact) mass is 353 g/mol. The number of amides is 1. The number of nitrogens with zero attached hydrogens (tertiary/aromatic N) is 2. The number of aromatic nitrogens is 1. The summed E-state index contributed by atoms with van der Waals surface area (Å²) < 4.78 is 5.12. The summed E-state index contributed by atoms with van der Waals surface area (Å²) in [7, 11) is 0. The van der Waals surface area contributed by atoms with E-state index in [1.807, 2.05) is 0 Å². The molecule has 1 amide bonds. The van der Waals surface area contributed by atoms with Gasteiger partial charge in [-0.25, -0.2) is 4.98 Å². The second kappa shape index (κ2) is 6.82. The number of thiazole rings is 1. The average molecular weight is 353 g/mol. The van der Waals surface area contributed by atoms with Gasteiger partial charge in [-0.05, 0) is 24.6 Å². The zero-order chi connectivity index (χ0) is 17.2. The molecule has 0 bridgehead atoms. The lowest BCUT2D eigenvalue weighted by atomic mass is 10.1. The van der Waals surface area contributed by atoms with Crippen LogP contribution in [-0.4, -0.2) is 22.3 Å². The summed E-state index contributed by atoms with van der Waals surface area (Å²) >= 11 is 1.55. The first-order valence-corrected chi connectivity index (χ1v) is 9.10. The molecule has 1 aliphatic rings. The third-order valence-electron chi connectivity index (χ3n) is 4.26. The Hall–Kier alpha value is -2.44. The van der Waals surface area contributed by atoms with Crippen molar-refractivity contribution in [3.63, 3.8) is 0 Å². The Kier molecular flexibility index (Phi) is 4.38. The van der Waals surface area contributed by atoms with Gasteiger partial charge in [-0.15, -0.1) is 11.3 Å². The number of fused-ring (bicyclic) bond motifs is 1. The van der Waals surface area contributed by atoms with Gasteiger partial charge in [0.15, 0.2) is 10.9 Å². The summed E-state index contributed by atoms with van der Waals surface area (Å²) in [6.07, 6.45) is 2.40. The van der Waals surface area contributed by atoms with E-state index < -0.39 is 0 Å². The second-order valence-electron chi connectivity index (χ2n) is 6.27. The van der Waals surface area contributed by atoms with Crippen LogP contribution in [0.1, 0.15) is 32.3 Å². The SMILES string of the molecule is Cc1cccc(CN2CCc3nc(NC(=O)c4ccco4)sc3C2)c1. The van der Waals surface area contributed by atoms with Crippen molar-refractivity contribution in [3.05, 3.63) is 70.1 Å². The summed E-state index contributed by atoms with van der Waals surface area (Å²) in [5.41, 5.74) is 3.72. The van der Waals surface area contributed by atoms with Crippen LogP contribution < -0.4 is 5.32 Å². The molecule has 128 valence electrons. The molecule has 5 nitrogen and oxygen atoms in total. The van der Waals surface area contributed by atoms with Crippen LogP contribution in [0.4, 0.5) is 5.13 Å². The lowest BCUT2D eigenvalue weighted by Crippen LogP contribution is -2.29. The van der Waals surface area contributed by atoms with Gasteiger partial charge in [0.25, 0.3) is 5.91 Å². The van der Waals surface area contributed by atoms with Crippen LogP contribution in [0.25, 0.3) is 0 Å². The van der Waals surface area contributed by atoms with E-state index in [4.69, 9.17) is 4.42 Å². The van der Waals surface area contributed by atoms with Crippen molar-refractivity contribution in [2.24, 2.45) is 0 Å². The lowest BCUT2D eigenvalue weighted by Gasteiger charge is -2.25. The summed E-state index contributed by atoms with van der Waals surface area (Å²) in [6.45, 7) is 4.91. The van der Waals surface area contributed by atoms with Crippen molar-refractivity contribution in [1.82, 2.24) is 9.88 Å². The van der Waals surface area contributed by atoms with E-state index in [2.05, 4.69) is 46.4 Å². The van der Waals surface area contributed by atoms with E-state index in [0.29, 0.717) is 10.9 Å². The van der Waals surface area contributed by atoms with E-state index in [0.717, 1.165) is 31.7 Å². The van der Waals surface area contributed by atoms with Gasteiger partial charge in [0.1, 0.15) is 0 Å². The maximum absolute atomic E-state index is 12.1. The van der Waals surface area contributed by atoms with Crippen LogP contribution in [0.3, 0.4) is 0 Å². The lowest BCUT2D eigenvalue weighted by molar-refractivity contribution is 0.0996. The summed E-state index contributed by atoms with van der Waals surface area (Å²) in [5.74, 6) is 0.0435.